The van der Waals surface area contributed by atoms with E-state index in [1.165, 1.54) is 148 Å². The molecule has 0 aromatic heterocycles. The second-order valence-corrected chi connectivity index (χ2v) is 10.5. The fourth-order valence-electron chi connectivity index (χ4n) is 4.78. The Balaban J connectivity index is 3.04. The standard InChI is InChI=1S/C31H62O/c1-3-5-7-8-9-10-11-12-13-14-15-16-17-18-19-20-21-22-23-24-25-26-27-28-30-31(32)29-6-4-2/h3-30H2,1-2H3. The van der Waals surface area contributed by atoms with Crippen molar-refractivity contribution in [1.29, 1.82) is 0 Å². The van der Waals surface area contributed by atoms with Crippen molar-refractivity contribution >= 4 is 5.78 Å². The molecule has 0 unspecified atom stereocenters. The van der Waals surface area contributed by atoms with Gasteiger partial charge in [0.2, 0.25) is 0 Å². The van der Waals surface area contributed by atoms with Crippen LogP contribution in [0.5, 0.6) is 0 Å². The first-order chi connectivity index (χ1) is 15.8. The number of ketones is 1. The summed E-state index contributed by atoms with van der Waals surface area (Å²) in [7, 11) is 0. The maximum absolute atomic E-state index is 11.6. The van der Waals surface area contributed by atoms with E-state index in [1.807, 2.05) is 0 Å². The summed E-state index contributed by atoms with van der Waals surface area (Å²) in [6.45, 7) is 4.46. The number of unbranched alkanes of at least 4 members (excludes halogenated alkanes) is 24. The van der Waals surface area contributed by atoms with E-state index in [0.717, 1.165) is 32.1 Å². The molecule has 0 saturated heterocycles. The van der Waals surface area contributed by atoms with Gasteiger partial charge in [0.15, 0.2) is 0 Å². The van der Waals surface area contributed by atoms with E-state index in [0.29, 0.717) is 5.78 Å². The first-order valence-electron chi connectivity index (χ1n) is 15.3. The molecular weight excluding hydrogens is 388 g/mol. The summed E-state index contributed by atoms with van der Waals surface area (Å²) in [6, 6.07) is 0. The molecule has 0 bridgehead atoms. The molecule has 1 nitrogen and oxygen atoms in total. The van der Waals surface area contributed by atoms with Crippen LogP contribution in [0.1, 0.15) is 194 Å². The van der Waals surface area contributed by atoms with Gasteiger partial charge >= 0.3 is 0 Å². The van der Waals surface area contributed by atoms with Gasteiger partial charge in [-0.15, -0.1) is 0 Å². The summed E-state index contributed by atoms with van der Waals surface area (Å²) in [5.74, 6) is 0.491. The van der Waals surface area contributed by atoms with Gasteiger partial charge in [0.1, 0.15) is 5.78 Å². The Hall–Kier alpha value is -0.330. The summed E-state index contributed by atoms with van der Waals surface area (Å²) in [5, 5.41) is 0. The number of rotatable bonds is 28. The summed E-state index contributed by atoms with van der Waals surface area (Å²) >= 11 is 0. The Morgan fingerprint density at radius 2 is 0.531 bits per heavy atom. The second-order valence-electron chi connectivity index (χ2n) is 10.5. The van der Waals surface area contributed by atoms with Crippen LogP contribution in [0.2, 0.25) is 0 Å². The SMILES string of the molecule is CCCCCCCCCCCCCCCCCCCCCCCCCCC(=O)CCCC. The summed E-state index contributed by atoms with van der Waals surface area (Å²) in [5.41, 5.74) is 0. The van der Waals surface area contributed by atoms with E-state index >= 15 is 0 Å². The summed E-state index contributed by atoms with van der Waals surface area (Å²) in [4.78, 5) is 11.6. The molecule has 192 valence electrons. The zero-order valence-electron chi connectivity index (χ0n) is 22.7. The highest BCUT2D eigenvalue weighted by Crippen LogP contribution is 2.16. The van der Waals surface area contributed by atoms with Crippen LogP contribution in [-0.4, -0.2) is 5.78 Å². The molecule has 0 rings (SSSR count). The number of Topliss-reactive ketones (excluding diaryl/α,β-unsaturated/α-hetero) is 1. The van der Waals surface area contributed by atoms with Gasteiger partial charge in [-0.05, 0) is 12.8 Å². The van der Waals surface area contributed by atoms with Crippen LogP contribution in [0.25, 0.3) is 0 Å². The Morgan fingerprint density at radius 1 is 0.312 bits per heavy atom. The van der Waals surface area contributed by atoms with Crippen LogP contribution in [0.3, 0.4) is 0 Å². The monoisotopic (exact) mass is 450 g/mol. The van der Waals surface area contributed by atoms with Gasteiger partial charge in [-0.2, -0.15) is 0 Å². The van der Waals surface area contributed by atoms with E-state index in [9.17, 15) is 4.79 Å². The van der Waals surface area contributed by atoms with Crippen LogP contribution < -0.4 is 0 Å². The lowest BCUT2D eigenvalue weighted by atomic mass is 10.0. The molecule has 0 aliphatic heterocycles. The highest BCUT2D eigenvalue weighted by Gasteiger charge is 2.01. The highest BCUT2D eigenvalue weighted by molar-refractivity contribution is 5.78. The third-order valence-electron chi connectivity index (χ3n) is 7.12. The molecule has 0 fully saturated rings. The quantitative estimate of drug-likeness (QED) is 0.108. The molecule has 32 heavy (non-hydrogen) atoms. The maximum atomic E-state index is 11.6. The largest absolute Gasteiger partial charge is 0.300 e. The molecule has 0 amide bonds. The van der Waals surface area contributed by atoms with E-state index < -0.39 is 0 Å². The Kier molecular flexibility index (Phi) is 28.4. The molecule has 0 radical (unpaired) electrons. The molecule has 0 atom stereocenters. The van der Waals surface area contributed by atoms with Crippen LogP contribution in [-0.2, 0) is 4.79 Å². The zero-order valence-corrected chi connectivity index (χ0v) is 22.7. The number of carbonyl (C=O) groups excluding carboxylic acids is 1. The minimum Gasteiger partial charge on any atom is -0.300 e. The van der Waals surface area contributed by atoms with Gasteiger partial charge in [-0.3, -0.25) is 4.79 Å². The third kappa shape index (κ3) is 27.7. The lowest BCUT2D eigenvalue weighted by Gasteiger charge is -2.04. The fraction of sp³-hybridized carbons (Fsp3) is 0.968. The molecule has 0 N–H and O–H groups in total. The highest BCUT2D eigenvalue weighted by atomic mass is 16.1. The van der Waals surface area contributed by atoms with Crippen molar-refractivity contribution in [2.45, 2.75) is 194 Å². The molecule has 0 aliphatic carbocycles. The Bertz CT molecular complexity index is 348. The van der Waals surface area contributed by atoms with Crippen molar-refractivity contribution in [3.05, 3.63) is 0 Å². The normalized spacial score (nSPS) is 11.3. The zero-order chi connectivity index (χ0) is 23.4. The van der Waals surface area contributed by atoms with Crippen molar-refractivity contribution < 1.29 is 4.79 Å². The molecule has 0 aromatic rings. The lowest BCUT2D eigenvalue weighted by Crippen LogP contribution is -1.96. The van der Waals surface area contributed by atoms with Gasteiger partial charge in [-0.25, -0.2) is 0 Å². The van der Waals surface area contributed by atoms with Crippen LogP contribution in [0.4, 0.5) is 0 Å². The Morgan fingerprint density at radius 3 is 0.812 bits per heavy atom. The van der Waals surface area contributed by atoms with Crippen molar-refractivity contribution in [1.82, 2.24) is 0 Å². The number of carbonyl (C=O) groups is 1. The van der Waals surface area contributed by atoms with E-state index in [-0.39, 0.29) is 0 Å². The molecule has 0 aliphatic rings. The predicted molar refractivity (Wildman–Crippen MR) is 146 cm³/mol. The number of hydrogen-bond acceptors (Lipinski definition) is 1. The van der Waals surface area contributed by atoms with Crippen molar-refractivity contribution in [3.63, 3.8) is 0 Å². The number of hydrogen-bond donors (Lipinski definition) is 0. The third-order valence-corrected chi connectivity index (χ3v) is 7.12. The van der Waals surface area contributed by atoms with Crippen molar-refractivity contribution in [3.8, 4) is 0 Å². The van der Waals surface area contributed by atoms with Gasteiger partial charge in [0, 0.05) is 12.8 Å². The topological polar surface area (TPSA) is 17.1 Å². The molecule has 0 spiro atoms. The van der Waals surface area contributed by atoms with Crippen LogP contribution >= 0.6 is 0 Å². The molecule has 0 heterocycles. The molecule has 1 heteroatoms. The van der Waals surface area contributed by atoms with Gasteiger partial charge < -0.3 is 0 Å². The smallest absolute Gasteiger partial charge is 0.132 e. The fourth-order valence-corrected chi connectivity index (χ4v) is 4.78. The minimum atomic E-state index is 0.491. The Labute approximate surface area is 204 Å². The first kappa shape index (κ1) is 31.7. The van der Waals surface area contributed by atoms with Crippen LogP contribution in [0.15, 0.2) is 0 Å². The minimum absolute atomic E-state index is 0.491. The lowest BCUT2D eigenvalue weighted by molar-refractivity contribution is -0.119. The van der Waals surface area contributed by atoms with Crippen molar-refractivity contribution in [2.75, 3.05) is 0 Å². The average molecular weight is 451 g/mol. The van der Waals surface area contributed by atoms with E-state index in [4.69, 9.17) is 0 Å². The predicted octanol–water partition coefficient (Wildman–Crippen LogP) is 11.5. The second kappa shape index (κ2) is 28.7. The van der Waals surface area contributed by atoms with Crippen LogP contribution in [0, 0.1) is 0 Å². The summed E-state index contributed by atoms with van der Waals surface area (Å²) < 4.78 is 0. The first-order valence-corrected chi connectivity index (χ1v) is 15.3. The average Bonchev–Trinajstić information content (AvgIpc) is 2.80. The molecular formula is C31H62O. The van der Waals surface area contributed by atoms with E-state index in [2.05, 4.69) is 13.8 Å². The molecule has 0 saturated carbocycles. The van der Waals surface area contributed by atoms with Gasteiger partial charge in [-0.1, -0.05) is 168 Å². The van der Waals surface area contributed by atoms with Gasteiger partial charge in [0.05, 0.1) is 0 Å². The van der Waals surface area contributed by atoms with Crippen molar-refractivity contribution in [2.24, 2.45) is 0 Å². The van der Waals surface area contributed by atoms with Gasteiger partial charge in [0.25, 0.3) is 0 Å². The molecule has 0 aromatic carbocycles. The maximum Gasteiger partial charge on any atom is 0.132 e. The van der Waals surface area contributed by atoms with E-state index in [1.54, 1.807) is 0 Å². The summed E-state index contributed by atoms with van der Waals surface area (Å²) in [6.07, 6.45) is 38.1.